The molecule has 0 aromatic heterocycles. The molecule has 1 aliphatic carbocycles. The lowest BCUT2D eigenvalue weighted by molar-refractivity contribution is 0.131. The minimum Gasteiger partial charge on any atom is -0.330 e. The van der Waals surface area contributed by atoms with Gasteiger partial charge in [-0.1, -0.05) is 19.3 Å². The van der Waals surface area contributed by atoms with Crippen molar-refractivity contribution in [1.82, 2.24) is 4.90 Å². The monoisotopic (exact) mass is 210 g/mol. The molecule has 2 heteroatoms. The van der Waals surface area contributed by atoms with E-state index >= 15 is 0 Å². The van der Waals surface area contributed by atoms with Crippen molar-refractivity contribution in [3.8, 4) is 0 Å². The average Bonchev–Trinajstić information content (AvgIpc) is 2.69. The summed E-state index contributed by atoms with van der Waals surface area (Å²) < 4.78 is 0. The summed E-state index contributed by atoms with van der Waals surface area (Å²) in [6, 6.07) is 0.792. The maximum atomic E-state index is 5.97. The van der Waals surface area contributed by atoms with Crippen LogP contribution in [0.15, 0.2) is 0 Å². The van der Waals surface area contributed by atoms with E-state index in [1.54, 1.807) is 0 Å². The summed E-state index contributed by atoms with van der Waals surface area (Å²) in [5.74, 6) is 1.71. The summed E-state index contributed by atoms with van der Waals surface area (Å²) in [5.41, 5.74) is 5.97. The average molecular weight is 210 g/mol. The molecular weight excluding hydrogens is 184 g/mol. The van der Waals surface area contributed by atoms with E-state index in [0.29, 0.717) is 0 Å². The summed E-state index contributed by atoms with van der Waals surface area (Å²) in [6.07, 6.45) is 9.92. The molecule has 0 aromatic rings. The van der Waals surface area contributed by atoms with Crippen LogP contribution in [0, 0.1) is 11.8 Å². The molecule has 88 valence electrons. The van der Waals surface area contributed by atoms with E-state index in [2.05, 4.69) is 11.9 Å². The molecule has 0 spiro atoms. The zero-order valence-electron chi connectivity index (χ0n) is 10.1. The topological polar surface area (TPSA) is 29.3 Å². The van der Waals surface area contributed by atoms with E-state index in [1.165, 1.54) is 51.5 Å². The largest absolute Gasteiger partial charge is 0.330 e. The van der Waals surface area contributed by atoms with Crippen LogP contribution in [0.3, 0.4) is 0 Å². The first-order chi connectivity index (χ1) is 7.33. The first-order valence-corrected chi connectivity index (χ1v) is 6.73. The molecule has 2 nitrogen and oxygen atoms in total. The molecule has 0 amide bonds. The lowest BCUT2D eigenvalue weighted by Gasteiger charge is -2.36. The Hall–Kier alpha value is -0.0800. The first kappa shape index (κ1) is 11.4. The van der Waals surface area contributed by atoms with Crippen LogP contribution >= 0.6 is 0 Å². The van der Waals surface area contributed by atoms with Crippen molar-refractivity contribution < 1.29 is 0 Å². The van der Waals surface area contributed by atoms with Crippen molar-refractivity contribution in [3.05, 3.63) is 0 Å². The third-order valence-electron chi connectivity index (χ3n) is 4.51. The maximum Gasteiger partial charge on any atom is 0.0161 e. The Morgan fingerprint density at radius 3 is 2.40 bits per heavy atom. The van der Waals surface area contributed by atoms with E-state index < -0.39 is 0 Å². The molecular formula is C13H26N2. The van der Waals surface area contributed by atoms with Crippen molar-refractivity contribution in [1.29, 1.82) is 0 Å². The fourth-order valence-electron chi connectivity index (χ4n) is 3.75. The molecule has 0 aromatic carbocycles. The highest BCUT2D eigenvalue weighted by Crippen LogP contribution is 2.36. The minimum atomic E-state index is 0.764. The number of nitrogens with zero attached hydrogens (tertiary/aromatic N) is 1. The van der Waals surface area contributed by atoms with Crippen molar-refractivity contribution in [3.63, 3.8) is 0 Å². The van der Waals surface area contributed by atoms with Crippen molar-refractivity contribution >= 4 is 0 Å². The second-order valence-corrected chi connectivity index (χ2v) is 5.51. The molecule has 2 N–H and O–H groups in total. The first-order valence-electron chi connectivity index (χ1n) is 6.73. The van der Waals surface area contributed by atoms with Crippen LogP contribution in [-0.2, 0) is 0 Å². The van der Waals surface area contributed by atoms with Crippen LogP contribution < -0.4 is 5.73 Å². The SMILES string of the molecule is CN1CCCC[C@H](CN)[C@H]1C1CCCC1. The van der Waals surface area contributed by atoms with Gasteiger partial charge >= 0.3 is 0 Å². The molecule has 2 aliphatic rings. The van der Waals surface area contributed by atoms with Crippen molar-refractivity contribution in [2.75, 3.05) is 20.1 Å². The van der Waals surface area contributed by atoms with Gasteiger partial charge in [0.2, 0.25) is 0 Å². The third kappa shape index (κ3) is 2.54. The van der Waals surface area contributed by atoms with Crippen molar-refractivity contribution in [2.24, 2.45) is 17.6 Å². The predicted molar refractivity (Wildman–Crippen MR) is 64.8 cm³/mol. The second kappa shape index (κ2) is 5.31. The number of nitrogens with two attached hydrogens (primary N) is 1. The summed E-state index contributed by atoms with van der Waals surface area (Å²) in [7, 11) is 2.32. The Morgan fingerprint density at radius 1 is 1.07 bits per heavy atom. The summed E-state index contributed by atoms with van der Waals surface area (Å²) in [6.45, 7) is 2.18. The molecule has 0 radical (unpaired) electrons. The molecule has 1 heterocycles. The Balaban J connectivity index is 2.06. The highest BCUT2D eigenvalue weighted by atomic mass is 15.1. The van der Waals surface area contributed by atoms with Crippen LogP contribution in [0.5, 0.6) is 0 Å². The van der Waals surface area contributed by atoms with Crippen LogP contribution in [0.2, 0.25) is 0 Å². The van der Waals surface area contributed by atoms with Gasteiger partial charge in [-0.2, -0.15) is 0 Å². The van der Waals surface area contributed by atoms with Crippen LogP contribution in [0.4, 0.5) is 0 Å². The third-order valence-corrected chi connectivity index (χ3v) is 4.51. The molecule has 15 heavy (non-hydrogen) atoms. The zero-order chi connectivity index (χ0) is 10.7. The fraction of sp³-hybridized carbons (Fsp3) is 1.00. The number of likely N-dealkylation sites (tertiary alicyclic amines) is 1. The van der Waals surface area contributed by atoms with E-state index in [4.69, 9.17) is 5.73 Å². The minimum absolute atomic E-state index is 0.764. The van der Waals surface area contributed by atoms with Gasteiger partial charge in [-0.15, -0.1) is 0 Å². The van der Waals surface area contributed by atoms with Gasteiger partial charge in [-0.3, -0.25) is 0 Å². The van der Waals surface area contributed by atoms with Crippen LogP contribution in [0.25, 0.3) is 0 Å². The Labute approximate surface area is 94.2 Å². The summed E-state index contributed by atoms with van der Waals surface area (Å²) in [5, 5.41) is 0. The van der Waals surface area contributed by atoms with E-state index in [9.17, 15) is 0 Å². The smallest absolute Gasteiger partial charge is 0.0161 e. The van der Waals surface area contributed by atoms with Gasteiger partial charge < -0.3 is 10.6 Å². The molecule has 1 saturated carbocycles. The highest BCUT2D eigenvalue weighted by Gasteiger charge is 2.34. The fourth-order valence-corrected chi connectivity index (χ4v) is 3.75. The van der Waals surface area contributed by atoms with Gasteiger partial charge in [0, 0.05) is 6.04 Å². The molecule has 2 fully saturated rings. The number of hydrogen-bond acceptors (Lipinski definition) is 2. The van der Waals surface area contributed by atoms with Crippen LogP contribution in [-0.4, -0.2) is 31.1 Å². The molecule has 0 unspecified atom stereocenters. The van der Waals surface area contributed by atoms with Gasteiger partial charge in [0.1, 0.15) is 0 Å². The quantitative estimate of drug-likeness (QED) is 0.757. The van der Waals surface area contributed by atoms with E-state index in [0.717, 1.165) is 24.4 Å². The van der Waals surface area contributed by atoms with Gasteiger partial charge in [-0.25, -0.2) is 0 Å². The lowest BCUT2D eigenvalue weighted by Crippen LogP contribution is -2.44. The van der Waals surface area contributed by atoms with E-state index in [1.807, 2.05) is 0 Å². The van der Waals surface area contributed by atoms with Crippen molar-refractivity contribution in [2.45, 2.75) is 51.0 Å². The zero-order valence-corrected chi connectivity index (χ0v) is 10.1. The number of hydrogen-bond donors (Lipinski definition) is 1. The Bertz CT molecular complexity index is 187. The van der Waals surface area contributed by atoms with Gasteiger partial charge in [0.25, 0.3) is 0 Å². The second-order valence-electron chi connectivity index (χ2n) is 5.51. The number of rotatable bonds is 2. The summed E-state index contributed by atoms with van der Waals surface area (Å²) in [4.78, 5) is 2.61. The molecule has 2 atom stereocenters. The molecule has 1 aliphatic heterocycles. The van der Waals surface area contributed by atoms with Gasteiger partial charge in [0.15, 0.2) is 0 Å². The maximum absolute atomic E-state index is 5.97. The molecule has 2 rings (SSSR count). The standard InChI is InChI=1S/C13H26N2/c1-15-9-5-4-8-12(10-14)13(15)11-6-2-3-7-11/h11-13H,2-10,14H2,1H3/t12-,13-/m1/s1. The molecule has 1 saturated heterocycles. The molecule has 0 bridgehead atoms. The van der Waals surface area contributed by atoms with Crippen LogP contribution in [0.1, 0.15) is 44.9 Å². The Kier molecular flexibility index (Phi) is 4.04. The summed E-state index contributed by atoms with van der Waals surface area (Å²) >= 11 is 0. The lowest BCUT2D eigenvalue weighted by atomic mass is 9.84. The Morgan fingerprint density at radius 2 is 1.73 bits per heavy atom. The predicted octanol–water partition coefficient (Wildman–Crippen LogP) is 2.24. The van der Waals surface area contributed by atoms with Gasteiger partial charge in [0.05, 0.1) is 0 Å². The normalized spacial score (nSPS) is 35.6. The van der Waals surface area contributed by atoms with E-state index in [-0.39, 0.29) is 0 Å². The highest BCUT2D eigenvalue weighted by molar-refractivity contribution is 4.89. The van der Waals surface area contributed by atoms with Gasteiger partial charge in [-0.05, 0) is 57.7 Å².